The van der Waals surface area contributed by atoms with Gasteiger partial charge in [-0.25, -0.2) is 0 Å². The Morgan fingerprint density at radius 2 is 2.08 bits per heavy atom. The molecule has 0 unspecified atom stereocenters. The summed E-state index contributed by atoms with van der Waals surface area (Å²) in [6.45, 7) is 2.69. The van der Waals surface area contributed by atoms with Crippen LogP contribution in [0.1, 0.15) is 36.5 Å². The molecule has 1 amide bonds. The fourth-order valence-corrected chi connectivity index (χ4v) is 3.18. The van der Waals surface area contributed by atoms with E-state index in [1.807, 2.05) is 6.92 Å². The van der Waals surface area contributed by atoms with E-state index in [9.17, 15) is 19.7 Å². The molecule has 1 aliphatic carbocycles. The number of esters is 1. The van der Waals surface area contributed by atoms with Gasteiger partial charge in [-0.2, -0.15) is 0 Å². The van der Waals surface area contributed by atoms with E-state index in [-0.39, 0.29) is 41.7 Å². The molecule has 0 N–H and O–H groups in total. The predicted octanol–water partition coefficient (Wildman–Crippen LogP) is 2.40. The first-order valence-corrected chi connectivity index (χ1v) is 8.20. The molecule has 7 nitrogen and oxygen atoms in total. The summed E-state index contributed by atoms with van der Waals surface area (Å²) in [4.78, 5) is 36.7. The van der Waals surface area contributed by atoms with Gasteiger partial charge in [0.05, 0.1) is 16.9 Å². The van der Waals surface area contributed by atoms with Crippen LogP contribution in [0.15, 0.2) is 24.3 Å². The highest BCUT2D eigenvalue weighted by Crippen LogP contribution is 2.38. The van der Waals surface area contributed by atoms with Gasteiger partial charge in [0.1, 0.15) is 12.2 Å². The van der Waals surface area contributed by atoms with E-state index >= 15 is 0 Å². The lowest BCUT2D eigenvalue weighted by Gasteiger charge is -2.24. The molecule has 3 atom stereocenters. The summed E-state index contributed by atoms with van der Waals surface area (Å²) in [7, 11) is 0. The SMILES string of the molecule is C[C@@H]1C[C@@H]1C(=O)OC[C@H]1CCCN1C(=O)c1ccccc1[N+](=O)[O-]. The number of likely N-dealkylation sites (tertiary alicyclic amines) is 1. The van der Waals surface area contributed by atoms with Crippen LogP contribution in [0, 0.1) is 22.0 Å². The van der Waals surface area contributed by atoms with Gasteiger partial charge in [0, 0.05) is 12.6 Å². The van der Waals surface area contributed by atoms with E-state index in [0.717, 1.165) is 19.3 Å². The normalized spacial score (nSPS) is 25.4. The first-order chi connectivity index (χ1) is 11.5. The molecule has 2 aliphatic rings. The summed E-state index contributed by atoms with van der Waals surface area (Å²) >= 11 is 0. The maximum atomic E-state index is 12.7. The highest BCUT2D eigenvalue weighted by Gasteiger charge is 2.41. The topological polar surface area (TPSA) is 89.8 Å². The van der Waals surface area contributed by atoms with Gasteiger partial charge in [0.15, 0.2) is 0 Å². The number of nitro groups is 1. The molecule has 1 heterocycles. The van der Waals surface area contributed by atoms with Crippen LogP contribution in [0.25, 0.3) is 0 Å². The summed E-state index contributed by atoms with van der Waals surface area (Å²) < 4.78 is 5.35. The average molecular weight is 332 g/mol. The minimum absolute atomic E-state index is 0.00855. The lowest BCUT2D eigenvalue weighted by atomic mass is 10.1. The van der Waals surface area contributed by atoms with Crippen molar-refractivity contribution in [2.45, 2.75) is 32.2 Å². The Balaban J connectivity index is 1.67. The molecule has 3 rings (SSSR count). The van der Waals surface area contributed by atoms with Crippen molar-refractivity contribution < 1.29 is 19.2 Å². The molecule has 1 saturated heterocycles. The van der Waals surface area contributed by atoms with E-state index in [0.29, 0.717) is 12.5 Å². The molecule has 0 bridgehead atoms. The first-order valence-electron chi connectivity index (χ1n) is 8.20. The number of hydrogen-bond acceptors (Lipinski definition) is 5. The lowest BCUT2D eigenvalue weighted by molar-refractivity contribution is -0.385. The van der Waals surface area contributed by atoms with Crippen LogP contribution in [-0.4, -0.2) is 40.9 Å². The summed E-state index contributed by atoms with van der Waals surface area (Å²) in [5, 5.41) is 11.1. The summed E-state index contributed by atoms with van der Waals surface area (Å²) in [6, 6.07) is 5.73. The smallest absolute Gasteiger partial charge is 0.309 e. The number of ether oxygens (including phenoxy) is 1. The van der Waals surface area contributed by atoms with Crippen molar-refractivity contribution in [3.05, 3.63) is 39.9 Å². The van der Waals surface area contributed by atoms with Crippen molar-refractivity contribution in [2.75, 3.05) is 13.2 Å². The minimum atomic E-state index is -0.549. The second kappa shape index (κ2) is 6.59. The zero-order valence-corrected chi connectivity index (χ0v) is 13.5. The van der Waals surface area contributed by atoms with Crippen LogP contribution in [0.3, 0.4) is 0 Å². The average Bonchev–Trinajstić information content (AvgIpc) is 3.12. The quantitative estimate of drug-likeness (QED) is 0.469. The second-order valence-corrected chi connectivity index (χ2v) is 6.52. The molecule has 2 fully saturated rings. The maximum Gasteiger partial charge on any atom is 0.309 e. The van der Waals surface area contributed by atoms with Crippen molar-refractivity contribution in [1.29, 1.82) is 0 Å². The van der Waals surface area contributed by atoms with E-state index in [2.05, 4.69) is 0 Å². The van der Waals surface area contributed by atoms with Gasteiger partial charge < -0.3 is 9.64 Å². The van der Waals surface area contributed by atoms with Crippen molar-refractivity contribution in [2.24, 2.45) is 11.8 Å². The molecule has 1 aromatic rings. The number of para-hydroxylation sites is 1. The Kier molecular flexibility index (Phi) is 4.51. The molecule has 0 radical (unpaired) electrons. The van der Waals surface area contributed by atoms with Crippen molar-refractivity contribution >= 4 is 17.6 Å². The molecule has 128 valence electrons. The van der Waals surface area contributed by atoms with Crippen molar-refractivity contribution in [3.63, 3.8) is 0 Å². The van der Waals surface area contributed by atoms with E-state index in [4.69, 9.17) is 4.74 Å². The third-order valence-electron chi connectivity index (χ3n) is 4.80. The number of hydrogen-bond donors (Lipinski definition) is 0. The molecular weight excluding hydrogens is 312 g/mol. The number of amides is 1. The minimum Gasteiger partial charge on any atom is -0.463 e. The highest BCUT2D eigenvalue weighted by molar-refractivity contribution is 5.98. The summed E-state index contributed by atoms with van der Waals surface area (Å²) in [6.07, 6.45) is 2.40. The molecule has 1 aromatic carbocycles. The summed E-state index contributed by atoms with van der Waals surface area (Å²) in [5.74, 6) is -0.204. The largest absolute Gasteiger partial charge is 0.463 e. The number of carbonyl (C=O) groups excluding carboxylic acids is 2. The Labute approximate surface area is 139 Å². The third-order valence-corrected chi connectivity index (χ3v) is 4.80. The standard InChI is InChI=1S/C17H20N2O5/c1-11-9-14(11)17(21)24-10-12-5-4-8-18(12)16(20)13-6-2-3-7-15(13)19(22)23/h2-3,6-7,11-12,14H,4-5,8-10H2,1H3/t11-,12-,14+/m1/s1. The van der Waals surface area contributed by atoms with Crippen LogP contribution < -0.4 is 0 Å². The van der Waals surface area contributed by atoms with Crippen LogP contribution >= 0.6 is 0 Å². The van der Waals surface area contributed by atoms with Gasteiger partial charge in [-0.1, -0.05) is 19.1 Å². The Hall–Kier alpha value is -2.44. The van der Waals surface area contributed by atoms with E-state index < -0.39 is 4.92 Å². The predicted molar refractivity (Wildman–Crippen MR) is 85.4 cm³/mol. The zero-order chi connectivity index (χ0) is 17.3. The van der Waals surface area contributed by atoms with Gasteiger partial charge in [-0.05, 0) is 31.2 Å². The number of carbonyl (C=O) groups is 2. The molecule has 24 heavy (non-hydrogen) atoms. The number of benzene rings is 1. The van der Waals surface area contributed by atoms with Crippen LogP contribution in [0.5, 0.6) is 0 Å². The number of nitro benzene ring substituents is 1. The van der Waals surface area contributed by atoms with Gasteiger partial charge in [-0.3, -0.25) is 19.7 Å². The van der Waals surface area contributed by atoms with Gasteiger partial charge in [-0.15, -0.1) is 0 Å². The highest BCUT2D eigenvalue weighted by atomic mass is 16.6. The van der Waals surface area contributed by atoms with Crippen LogP contribution in [0.4, 0.5) is 5.69 Å². The fraction of sp³-hybridized carbons (Fsp3) is 0.529. The number of nitrogens with zero attached hydrogens (tertiary/aromatic N) is 2. The second-order valence-electron chi connectivity index (χ2n) is 6.52. The van der Waals surface area contributed by atoms with Crippen molar-refractivity contribution in [1.82, 2.24) is 4.90 Å². The monoisotopic (exact) mass is 332 g/mol. The van der Waals surface area contributed by atoms with Crippen LogP contribution in [0.2, 0.25) is 0 Å². The Bertz CT molecular complexity index is 675. The first kappa shape index (κ1) is 16.4. The fourth-order valence-electron chi connectivity index (χ4n) is 3.18. The van der Waals surface area contributed by atoms with Crippen molar-refractivity contribution in [3.8, 4) is 0 Å². The molecule has 1 saturated carbocycles. The molecular formula is C17H20N2O5. The third kappa shape index (κ3) is 3.25. The van der Waals surface area contributed by atoms with Crippen LogP contribution in [-0.2, 0) is 9.53 Å². The zero-order valence-electron chi connectivity index (χ0n) is 13.5. The number of rotatable bonds is 5. The molecule has 7 heteroatoms. The van der Waals surface area contributed by atoms with E-state index in [1.54, 1.807) is 11.0 Å². The van der Waals surface area contributed by atoms with E-state index in [1.165, 1.54) is 18.2 Å². The molecule has 1 aliphatic heterocycles. The summed E-state index contributed by atoms with van der Waals surface area (Å²) in [5.41, 5.74) is -0.117. The van der Waals surface area contributed by atoms with Gasteiger partial charge in [0.25, 0.3) is 11.6 Å². The lowest BCUT2D eigenvalue weighted by Crippen LogP contribution is -2.39. The maximum absolute atomic E-state index is 12.7. The molecule has 0 aromatic heterocycles. The van der Waals surface area contributed by atoms with Gasteiger partial charge >= 0.3 is 5.97 Å². The Morgan fingerprint density at radius 3 is 2.75 bits per heavy atom. The Morgan fingerprint density at radius 1 is 1.38 bits per heavy atom. The molecule has 0 spiro atoms. The van der Waals surface area contributed by atoms with Gasteiger partial charge in [0.2, 0.25) is 0 Å².